The third-order valence-corrected chi connectivity index (χ3v) is 3.89. The summed E-state index contributed by atoms with van der Waals surface area (Å²) in [7, 11) is 3.73. The van der Waals surface area contributed by atoms with Gasteiger partial charge in [0.15, 0.2) is 0 Å². The predicted octanol–water partition coefficient (Wildman–Crippen LogP) is 0.213. The van der Waals surface area contributed by atoms with Crippen LogP contribution in [0.3, 0.4) is 0 Å². The molecule has 0 bridgehead atoms. The Morgan fingerprint density at radius 1 is 1.43 bits per heavy atom. The van der Waals surface area contributed by atoms with Crippen molar-refractivity contribution in [1.82, 2.24) is 20.1 Å². The Morgan fingerprint density at radius 3 is 2.90 bits per heavy atom. The van der Waals surface area contributed by atoms with Crippen LogP contribution in [0.25, 0.3) is 0 Å². The van der Waals surface area contributed by atoms with Gasteiger partial charge < -0.3 is 9.88 Å². The standard InChI is InChI=1S/C15H24N4O2/c1-16-9-12-5-3-8-19(10-12)11-14(20)17-15(21)13-6-4-7-18(13)2/h4,6-7,12,16H,3,5,8-11H2,1-2H3,(H,17,20,21). The second-order valence-corrected chi connectivity index (χ2v) is 5.68. The van der Waals surface area contributed by atoms with E-state index in [1.807, 2.05) is 7.05 Å². The maximum absolute atomic E-state index is 12.0. The summed E-state index contributed by atoms with van der Waals surface area (Å²) in [6.07, 6.45) is 4.08. The van der Waals surface area contributed by atoms with Gasteiger partial charge >= 0.3 is 0 Å². The van der Waals surface area contributed by atoms with E-state index in [4.69, 9.17) is 0 Å². The number of carbonyl (C=O) groups is 2. The number of nitrogens with zero attached hydrogens (tertiary/aromatic N) is 2. The number of aromatic nitrogens is 1. The number of likely N-dealkylation sites (tertiary alicyclic amines) is 1. The predicted molar refractivity (Wildman–Crippen MR) is 81.0 cm³/mol. The highest BCUT2D eigenvalue weighted by atomic mass is 16.2. The maximum Gasteiger partial charge on any atom is 0.274 e. The van der Waals surface area contributed by atoms with E-state index in [1.165, 1.54) is 6.42 Å². The van der Waals surface area contributed by atoms with Crippen LogP contribution >= 0.6 is 0 Å². The van der Waals surface area contributed by atoms with Gasteiger partial charge in [0, 0.05) is 19.8 Å². The number of amides is 2. The van der Waals surface area contributed by atoms with E-state index in [0.29, 0.717) is 11.6 Å². The van der Waals surface area contributed by atoms with Gasteiger partial charge in [-0.05, 0) is 51.0 Å². The molecule has 1 aliphatic heterocycles. The van der Waals surface area contributed by atoms with E-state index < -0.39 is 0 Å². The molecule has 0 saturated carbocycles. The molecule has 2 rings (SSSR count). The Labute approximate surface area is 125 Å². The number of imide groups is 1. The number of hydrogen-bond donors (Lipinski definition) is 2. The lowest BCUT2D eigenvalue weighted by Crippen LogP contribution is -2.45. The van der Waals surface area contributed by atoms with Gasteiger partial charge in [0.25, 0.3) is 5.91 Å². The van der Waals surface area contributed by atoms with Crippen LogP contribution in [0.2, 0.25) is 0 Å². The minimum atomic E-state index is -0.337. The van der Waals surface area contributed by atoms with Crippen molar-refractivity contribution < 1.29 is 9.59 Å². The zero-order valence-electron chi connectivity index (χ0n) is 12.8. The molecule has 0 radical (unpaired) electrons. The van der Waals surface area contributed by atoms with E-state index in [2.05, 4.69) is 15.5 Å². The van der Waals surface area contributed by atoms with Crippen molar-refractivity contribution in [3.05, 3.63) is 24.0 Å². The van der Waals surface area contributed by atoms with Gasteiger partial charge in [-0.1, -0.05) is 0 Å². The lowest BCUT2D eigenvalue weighted by atomic mass is 9.98. The summed E-state index contributed by atoms with van der Waals surface area (Å²) < 4.78 is 1.70. The fourth-order valence-corrected chi connectivity index (χ4v) is 2.88. The van der Waals surface area contributed by atoms with Crippen LogP contribution in [-0.2, 0) is 11.8 Å². The van der Waals surface area contributed by atoms with E-state index in [9.17, 15) is 9.59 Å². The van der Waals surface area contributed by atoms with Gasteiger partial charge in [-0.2, -0.15) is 0 Å². The Morgan fingerprint density at radius 2 is 2.24 bits per heavy atom. The molecule has 2 heterocycles. The molecule has 6 nitrogen and oxygen atoms in total. The third kappa shape index (κ3) is 4.41. The second-order valence-electron chi connectivity index (χ2n) is 5.68. The van der Waals surface area contributed by atoms with Gasteiger partial charge in [-0.25, -0.2) is 0 Å². The summed E-state index contributed by atoms with van der Waals surface area (Å²) in [6.45, 7) is 3.09. The monoisotopic (exact) mass is 292 g/mol. The topological polar surface area (TPSA) is 66.4 Å². The van der Waals surface area contributed by atoms with Gasteiger partial charge in [0.1, 0.15) is 5.69 Å². The van der Waals surface area contributed by atoms with Crippen molar-refractivity contribution in [2.24, 2.45) is 13.0 Å². The molecule has 1 unspecified atom stereocenters. The minimum absolute atomic E-state index is 0.230. The molecule has 1 atom stereocenters. The minimum Gasteiger partial charge on any atom is -0.347 e. The molecule has 116 valence electrons. The first kappa shape index (κ1) is 15.7. The van der Waals surface area contributed by atoms with Crippen LogP contribution in [0.15, 0.2) is 18.3 Å². The van der Waals surface area contributed by atoms with Crippen LogP contribution in [0.5, 0.6) is 0 Å². The van der Waals surface area contributed by atoms with Crippen molar-refractivity contribution in [1.29, 1.82) is 0 Å². The van der Waals surface area contributed by atoms with E-state index in [0.717, 1.165) is 26.1 Å². The van der Waals surface area contributed by atoms with Crippen molar-refractivity contribution in [2.75, 3.05) is 33.2 Å². The summed E-state index contributed by atoms with van der Waals surface area (Å²) in [5.41, 5.74) is 0.495. The molecular formula is C15H24N4O2. The van der Waals surface area contributed by atoms with Crippen molar-refractivity contribution in [2.45, 2.75) is 12.8 Å². The Bertz CT molecular complexity index is 496. The SMILES string of the molecule is CNCC1CCCN(CC(=O)NC(=O)c2cccn2C)C1. The highest BCUT2D eigenvalue weighted by molar-refractivity contribution is 6.04. The van der Waals surface area contributed by atoms with Gasteiger partial charge in [-0.15, -0.1) is 0 Å². The first-order valence-electron chi connectivity index (χ1n) is 7.42. The molecule has 0 aliphatic carbocycles. The van der Waals surface area contributed by atoms with Crippen LogP contribution in [0, 0.1) is 5.92 Å². The number of piperidine rings is 1. The second kappa shape index (κ2) is 7.38. The van der Waals surface area contributed by atoms with E-state index in [1.54, 1.807) is 29.9 Å². The number of aryl methyl sites for hydroxylation is 1. The first-order chi connectivity index (χ1) is 10.1. The molecule has 2 N–H and O–H groups in total. The number of nitrogens with one attached hydrogen (secondary N) is 2. The summed E-state index contributed by atoms with van der Waals surface area (Å²) in [5.74, 6) is 0.0164. The molecule has 1 aliphatic rings. The van der Waals surface area contributed by atoms with Crippen LogP contribution in [0.4, 0.5) is 0 Å². The zero-order valence-corrected chi connectivity index (χ0v) is 12.8. The maximum atomic E-state index is 12.0. The lowest BCUT2D eigenvalue weighted by molar-refractivity contribution is -0.121. The molecule has 1 aromatic heterocycles. The Hall–Kier alpha value is -1.66. The molecule has 0 spiro atoms. The molecule has 1 saturated heterocycles. The largest absolute Gasteiger partial charge is 0.347 e. The average molecular weight is 292 g/mol. The van der Waals surface area contributed by atoms with Crippen molar-refractivity contribution >= 4 is 11.8 Å². The highest BCUT2D eigenvalue weighted by Gasteiger charge is 2.22. The third-order valence-electron chi connectivity index (χ3n) is 3.89. The summed E-state index contributed by atoms with van der Waals surface area (Å²) >= 11 is 0. The fourth-order valence-electron chi connectivity index (χ4n) is 2.88. The Balaban J connectivity index is 1.81. The van der Waals surface area contributed by atoms with E-state index in [-0.39, 0.29) is 18.4 Å². The van der Waals surface area contributed by atoms with Gasteiger partial charge in [0.2, 0.25) is 5.91 Å². The quantitative estimate of drug-likeness (QED) is 0.814. The molecule has 21 heavy (non-hydrogen) atoms. The molecular weight excluding hydrogens is 268 g/mol. The lowest BCUT2D eigenvalue weighted by Gasteiger charge is -2.32. The molecule has 1 aromatic rings. The summed E-state index contributed by atoms with van der Waals surface area (Å²) in [6, 6.07) is 3.48. The number of carbonyl (C=O) groups excluding carboxylic acids is 2. The Kier molecular flexibility index (Phi) is 5.52. The van der Waals surface area contributed by atoms with Crippen molar-refractivity contribution in [3.63, 3.8) is 0 Å². The van der Waals surface area contributed by atoms with Gasteiger partial charge in [0.05, 0.1) is 6.54 Å². The summed E-state index contributed by atoms with van der Waals surface area (Å²) in [4.78, 5) is 26.1. The van der Waals surface area contributed by atoms with Crippen LogP contribution in [0.1, 0.15) is 23.3 Å². The van der Waals surface area contributed by atoms with Crippen LogP contribution in [-0.4, -0.2) is 54.5 Å². The normalized spacial score (nSPS) is 19.4. The fraction of sp³-hybridized carbons (Fsp3) is 0.600. The highest BCUT2D eigenvalue weighted by Crippen LogP contribution is 2.15. The van der Waals surface area contributed by atoms with Crippen molar-refractivity contribution in [3.8, 4) is 0 Å². The van der Waals surface area contributed by atoms with Crippen LogP contribution < -0.4 is 10.6 Å². The molecule has 2 amide bonds. The smallest absolute Gasteiger partial charge is 0.274 e. The molecule has 6 heteroatoms. The zero-order chi connectivity index (χ0) is 15.2. The summed E-state index contributed by atoms with van der Waals surface area (Å²) in [5, 5.41) is 5.65. The molecule has 0 aromatic carbocycles. The average Bonchev–Trinajstić information content (AvgIpc) is 2.85. The number of rotatable bonds is 5. The molecule has 1 fully saturated rings. The first-order valence-corrected chi connectivity index (χ1v) is 7.42. The van der Waals surface area contributed by atoms with E-state index >= 15 is 0 Å². The van der Waals surface area contributed by atoms with Gasteiger partial charge in [-0.3, -0.25) is 19.8 Å². The number of hydrogen-bond acceptors (Lipinski definition) is 4.